The van der Waals surface area contributed by atoms with E-state index in [0.29, 0.717) is 6.61 Å². The molecule has 1 atom stereocenters. The van der Waals surface area contributed by atoms with E-state index in [1.165, 1.54) is 0 Å². The molecule has 0 aliphatic heterocycles. The first-order chi connectivity index (χ1) is 8.15. The number of benzene rings is 1. The summed E-state index contributed by atoms with van der Waals surface area (Å²) in [5.74, 6) is 0.838. The van der Waals surface area contributed by atoms with Crippen molar-refractivity contribution in [2.75, 3.05) is 0 Å². The molecule has 2 aromatic rings. The molecule has 0 saturated heterocycles. The number of hydrogen-bond donors (Lipinski definition) is 1. The summed E-state index contributed by atoms with van der Waals surface area (Å²) in [6.07, 6.45) is 0. The van der Waals surface area contributed by atoms with Gasteiger partial charge in [-0.3, -0.25) is 0 Å². The maximum Gasteiger partial charge on any atom is 0.131 e. The molecule has 0 radical (unpaired) electrons. The first kappa shape index (κ1) is 12.1. The van der Waals surface area contributed by atoms with Crippen LogP contribution >= 0.6 is 11.3 Å². The summed E-state index contributed by atoms with van der Waals surface area (Å²) in [5.41, 5.74) is 7.88. The van der Waals surface area contributed by atoms with E-state index in [1.54, 1.807) is 11.3 Å². The number of nitrogens with two attached hydrogens (primary N) is 1. The van der Waals surface area contributed by atoms with E-state index >= 15 is 0 Å². The van der Waals surface area contributed by atoms with Crippen molar-refractivity contribution in [1.29, 1.82) is 0 Å². The van der Waals surface area contributed by atoms with E-state index in [1.807, 2.05) is 43.5 Å². The molecule has 17 heavy (non-hydrogen) atoms. The van der Waals surface area contributed by atoms with Gasteiger partial charge in [0.1, 0.15) is 12.4 Å². The van der Waals surface area contributed by atoms with Crippen molar-refractivity contribution >= 4 is 11.3 Å². The van der Waals surface area contributed by atoms with Crippen LogP contribution in [0.25, 0.3) is 0 Å². The summed E-state index contributed by atoms with van der Waals surface area (Å²) in [6, 6.07) is 7.90. The Balaban J connectivity index is 2.01. The van der Waals surface area contributed by atoms with Gasteiger partial charge in [0.25, 0.3) is 0 Å². The zero-order chi connectivity index (χ0) is 12.3. The average molecular weight is 248 g/mol. The zero-order valence-corrected chi connectivity index (χ0v) is 10.8. The van der Waals surface area contributed by atoms with Crippen LogP contribution in [-0.4, -0.2) is 4.98 Å². The number of aromatic nitrogens is 1. The van der Waals surface area contributed by atoms with Gasteiger partial charge in [0.05, 0.1) is 10.7 Å². The highest BCUT2D eigenvalue weighted by Crippen LogP contribution is 2.19. The predicted molar refractivity (Wildman–Crippen MR) is 70.2 cm³/mol. The smallest absolute Gasteiger partial charge is 0.131 e. The highest BCUT2D eigenvalue weighted by molar-refractivity contribution is 7.09. The standard InChI is InChI=1S/C13H16N2OS/c1-9(14)11-4-3-5-13(6-11)16-7-12-8-17-10(2)15-12/h3-6,8-9H,7,14H2,1-2H3. The van der Waals surface area contributed by atoms with Gasteiger partial charge in [0, 0.05) is 11.4 Å². The number of aryl methyl sites for hydroxylation is 1. The van der Waals surface area contributed by atoms with Gasteiger partial charge >= 0.3 is 0 Å². The van der Waals surface area contributed by atoms with Crippen molar-refractivity contribution in [3.63, 3.8) is 0 Å². The molecule has 0 aliphatic carbocycles. The summed E-state index contributed by atoms with van der Waals surface area (Å²) >= 11 is 1.64. The molecular weight excluding hydrogens is 232 g/mol. The molecule has 3 nitrogen and oxygen atoms in total. The second kappa shape index (κ2) is 5.29. The van der Waals surface area contributed by atoms with E-state index in [2.05, 4.69) is 4.98 Å². The van der Waals surface area contributed by atoms with Crippen molar-refractivity contribution in [3.8, 4) is 5.75 Å². The Morgan fingerprint density at radius 3 is 2.94 bits per heavy atom. The van der Waals surface area contributed by atoms with Crippen molar-refractivity contribution < 1.29 is 4.74 Å². The van der Waals surface area contributed by atoms with Crippen LogP contribution in [0, 0.1) is 6.92 Å². The van der Waals surface area contributed by atoms with E-state index in [-0.39, 0.29) is 6.04 Å². The first-order valence-corrected chi connectivity index (χ1v) is 6.42. The van der Waals surface area contributed by atoms with Gasteiger partial charge in [0.15, 0.2) is 0 Å². The molecule has 0 fully saturated rings. The molecule has 4 heteroatoms. The Kier molecular flexibility index (Phi) is 3.76. The normalized spacial score (nSPS) is 12.4. The van der Waals surface area contributed by atoms with Crippen LogP contribution in [0.2, 0.25) is 0 Å². The van der Waals surface area contributed by atoms with Crippen LogP contribution in [0.1, 0.15) is 29.2 Å². The van der Waals surface area contributed by atoms with Gasteiger partial charge in [-0.25, -0.2) is 4.98 Å². The van der Waals surface area contributed by atoms with Crippen molar-refractivity contribution in [2.24, 2.45) is 5.73 Å². The summed E-state index contributed by atoms with van der Waals surface area (Å²) in [7, 11) is 0. The monoisotopic (exact) mass is 248 g/mol. The largest absolute Gasteiger partial charge is 0.487 e. The number of ether oxygens (including phenoxy) is 1. The topological polar surface area (TPSA) is 48.1 Å². The molecular formula is C13H16N2OS. The summed E-state index contributed by atoms with van der Waals surface area (Å²) in [4.78, 5) is 4.35. The fourth-order valence-electron chi connectivity index (χ4n) is 1.52. The zero-order valence-electron chi connectivity index (χ0n) is 10.0. The van der Waals surface area contributed by atoms with Gasteiger partial charge in [-0.2, -0.15) is 0 Å². The summed E-state index contributed by atoms with van der Waals surface area (Å²) in [6.45, 7) is 4.46. The molecule has 1 unspecified atom stereocenters. The Hall–Kier alpha value is -1.39. The molecule has 0 spiro atoms. The minimum Gasteiger partial charge on any atom is -0.487 e. The molecule has 2 rings (SSSR count). The fourth-order valence-corrected chi connectivity index (χ4v) is 2.12. The van der Waals surface area contributed by atoms with Gasteiger partial charge in [0.2, 0.25) is 0 Å². The molecule has 0 bridgehead atoms. The van der Waals surface area contributed by atoms with E-state index in [9.17, 15) is 0 Å². The lowest BCUT2D eigenvalue weighted by molar-refractivity contribution is 0.301. The Morgan fingerprint density at radius 2 is 2.29 bits per heavy atom. The third-order valence-corrected chi connectivity index (χ3v) is 3.26. The fraction of sp³-hybridized carbons (Fsp3) is 0.308. The van der Waals surface area contributed by atoms with Gasteiger partial charge < -0.3 is 10.5 Å². The molecule has 0 saturated carbocycles. The Bertz CT molecular complexity index is 494. The lowest BCUT2D eigenvalue weighted by atomic mass is 10.1. The van der Waals surface area contributed by atoms with Crippen molar-refractivity contribution in [2.45, 2.75) is 26.5 Å². The maximum atomic E-state index is 5.83. The quantitative estimate of drug-likeness (QED) is 0.904. The lowest BCUT2D eigenvalue weighted by Crippen LogP contribution is -2.05. The number of rotatable bonds is 4. The molecule has 1 aromatic carbocycles. The Labute approximate surface area is 105 Å². The van der Waals surface area contributed by atoms with Crippen molar-refractivity contribution in [1.82, 2.24) is 4.98 Å². The SMILES string of the molecule is Cc1nc(COc2cccc(C(C)N)c2)cs1. The molecule has 1 heterocycles. The number of thiazole rings is 1. The summed E-state index contributed by atoms with van der Waals surface area (Å²) in [5, 5.41) is 3.08. The molecule has 1 aromatic heterocycles. The minimum absolute atomic E-state index is 0.0278. The van der Waals surface area contributed by atoms with Crippen LogP contribution in [0.4, 0.5) is 0 Å². The van der Waals surface area contributed by atoms with Gasteiger partial charge in [-0.1, -0.05) is 12.1 Å². The number of hydrogen-bond acceptors (Lipinski definition) is 4. The Morgan fingerprint density at radius 1 is 1.47 bits per heavy atom. The highest BCUT2D eigenvalue weighted by atomic mass is 32.1. The van der Waals surface area contributed by atoms with E-state index in [4.69, 9.17) is 10.5 Å². The minimum atomic E-state index is 0.0278. The van der Waals surface area contributed by atoms with Crippen LogP contribution in [0.5, 0.6) is 5.75 Å². The third kappa shape index (κ3) is 3.28. The van der Waals surface area contributed by atoms with Crippen LogP contribution in [-0.2, 0) is 6.61 Å². The average Bonchev–Trinajstić information content (AvgIpc) is 2.73. The van der Waals surface area contributed by atoms with Crippen LogP contribution in [0.15, 0.2) is 29.6 Å². The van der Waals surface area contributed by atoms with Gasteiger partial charge in [-0.15, -0.1) is 11.3 Å². The van der Waals surface area contributed by atoms with Crippen LogP contribution < -0.4 is 10.5 Å². The molecule has 90 valence electrons. The molecule has 0 aliphatic rings. The first-order valence-electron chi connectivity index (χ1n) is 5.54. The second-order valence-electron chi connectivity index (χ2n) is 4.01. The number of nitrogens with zero attached hydrogens (tertiary/aromatic N) is 1. The molecule has 0 amide bonds. The van der Waals surface area contributed by atoms with Crippen molar-refractivity contribution in [3.05, 3.63) is 45.9 Å². The van der Waals surface area contributed by atoms with E-state index in [0.717, 1.165) is 22.0 Å². The van der Waals surface area contributed by atoms with E-state index < -0.39 is 0 Å². The van der Waals surface area contributed by atoms with Gasteiger partial charge in [-0.05, 0) is 31.5 Å². The van der Waals surface area contributed by atoms with Crippen LogP contribution in [0.3, 0.4) is 0 Å². The predicted octanol–water partition coefficient (Wildman–Crippen LogP) is 3.05. The lowest BCUT2D eigenvalue weighted by Gasteiger charge is -2.09. The highest BCUT2D eigenvalue weighted by Gasteiger charge is 2.03. The molecule has 2 N–H and O–H groups in total. The maximum absolute atomic E-state index is 5.83. The third-order valence-electron chi connectivity index (χ3n) is 2.44. The summed E-state index contributed by atoms with van der Waals surface area (Å²) < 4.78 is 5.68. The second-order valence-corrected chi connectivity index (χ2v) is 5.07.